The number of hydrogen-bond acceptors (Lipinski definition) is 5. The lowest BCUT2D eigenvalue weighted by molar-refractivity contribution is -0.139. The minimum Gasteiger partial charge on any atom is -0.495 e. The van der Waals surface area contributed by atoms with Crippen LogP contribution in [0.2, 0.25) is 0 Å². The van der Waals surface area contributed by atoms with Gasteiger partial charge in [-0.25, -0.2) is 8.42 Å². The molecule has 0 aliphatic rings. The second-order valence-electron chi connectivity index (χ2n) is 10.0. The van der Waals surface area contributed by atoms with Crippen LogP contribution in [0.3, 0.4) is 0 Å². The fraction of sp³-hybridized carbons (Fsp3) is 0.355. The van der Waals surface area contributed by atoms with E-state index in [1.54, 1.807) is 43.3 Å². The number of ether oxygens (including phenoxy) is 1. The van der Waals surface area contributed by atoms with Crippen molar-refractivity contribution >= 4 is 27.5 Å². The average Bonchev–Trinajstić information content (AvgIpc) is 2.94. The first-order valence-electron chi connectivity index (χ1n) is 13.4. The summed E-state index contributed by atoms with van der Waals surface area (Å²) in [6.45, 7) is 8.96. The maximum atomic E-state index is 14.0. The number of benzene rings is 3. The molecule has 0 unspecified atom stereocenters. The number of nitrogens with zero attached hydrogens (tertiary/aromatic N) is 2. The van der Waals surface area contributed by atoms with Crippen molar-refractivity contribution in [2.45, 2.75) is 64.6 Å². The summed E-state index contributed by atoms with van der Waals surface area (Å²) in [5, 5.41) is 2.94. The normalized spacial score (nSPS) is 12.8. The smallest absolute Gasteiger partial charge is 0.264 e. The third-order valence-corrected chi connectivity index (χ3v) is 8.62. The molecular formula is C31H39N3O5S. The number of sulfonamides is 1. The summed E-state index contributed by atoms with van der Waals surface area (Å²) in [6, 6.07) is 19.9. The fourth-order valence-corrected chi connectivity index (χ4v) is 5.67. The van der Waals surface area contributed by atoms with Gasteiger partial charge in [0.15, 0.2) is 0 Å². The molecule has 0 heterocycles. The van der Waals surface area contributed by atoms with Crippen molar-refractivity contribution in [1.29, 1.82) is 0 Å². The van der Waals surface area contributed by atoms with E-state index in [1.807, 2.05) is 52.0 Å². The van der Waals surface area contributed by atoms with Crippen molar-refractivity contribution < 1.29 is 22.7 Å². The van der Waals surface area contributed by atoms with Gasteiger partial charge in [0.25, 0.3) is 10.0 Å². The Hall–Kier alpha value is -3.85. The molecule has 0 saturated carbocycles. The zero-order valence-corrected chi connectivity index (χ0v) is 24.9. The summed E-state index contributed by atoms with van der Waals surface area (Å²) < 4.78 is 34.5. The number of nitrogens with one attached hydrogen (secondary N) is 1. The van der Waals surface area contributed by atoms with E-state index in [-0.39, 0.29) is 29.1 Å². The van der Waals surface area contributed by atoms with Crippen LogP contribution in [0.5, 0.6) is 5.75 Å². The number of para-hydroxylation sites is 2. The van der Waals surface area contributed by atoms with Gasteiger partial charge < -0.3 is 15.0 Å². The zero-order valence-electron chi connectivity index (χ0n) is 24.0. The summed E-state index contributed by atoms with van der Waals surface area (Å²) in [5.74, 6) is -0.519. The summed E-state index contributed by atoms with van der Waals surface area (Å²) in [7, 11) is -2.73. The zero-order chi connectivity index (χ0) is 29.4. The molecule has 0 spiro atoms. The second-order valence-corrected chi connectivity index (χ2v) is 11.9. The predicted octanol–water partition coefficient (Wildman–Crippen LogP) is 4.84. The molecule has 0 bridgehead atoms. The Balaban J connectivity index is 2.06. The van der Waals surface area contributed by atoms with Crippen LogP contribution in [0.4, 0.5) is 5.69 Å². The Bertz CT molecular complexity index is 1420. The second kappa shape index (κ2) is 13.5. The molecule has 0 aliphatic heterocycles. The van der Waals surface area contributed by atoms with E-state index in [1.165, 1.54) is 24.1 Å². The lowest BCUT2D eigenvalue weighted by atomic mass is 10.1. The van der Waals surface area contributed by atoms with Crippen molar-refractivity contribution in [2.75, 3.05) is 18.0 Å². The minimum absolute atomic E-state index is 0.0459. The third kappa shape index (κ3) is 7.41. The van der Waals surface area contributed by atoms with Gasteiger partial charge in [-0.2, -0.15) is 0 Å². The van der Waals surface area contributed by atoms with Gasteiger partial charge in [0, 0.05) is 12.6 Å². The number of amides is 2. The topological polar surface area (TPSA) is 96.0 Å². The van der Waals surface area contributed by atoms with E-state index < -0.39 is 28.5 Å². The quantitative estimate of drug-likeness (QED) is 0.339. The van der Waals surface area contributed by atoms with E-state index in [2.05, 4.69) is 5.32 Å². The number of aryl methyl sites for hydroxylation is 2. The highest BCUT2D eigenvalue weighted by Crippen LogP contribution is 2.32. The average molecular weight is 566 g/mol. The van der Waals surface area contributed by atoms with Crippen LogP contribution in [0.25, 0.3) is 0 Å². The molecule has 3 rings (SSSR count). The van der Waals surface area contributed by atoms with Crippen molar-refractivity contribution in [3.8, 4) is 5.75 Å². The molecule has 9 heteroatoms. The number of anilines is 1. The number of hydrogen-bond donors (Lipinski definition) is 1. The van der Waals surface area contributed by atoms with Gasteiger partial charge in [-0.1, -0.05) is 66.6 Å². The van der Waals surface area contributed by atoms with Gasteiger partial charge >= 0.3 is 0 Å². The standard InChI is InChI=1S/C31H39N3O5S/c1-7-24(4)32-31(36)25(5)33(20-26-12-10-11-23(3)19-26)30(35)21-34(28-13-8-9-14-29(28)39-6)40(37,38)27-17-15-22(2)16-18-27/h8-19,24-25H,7,20-21H2,1-6H3,(H,32,36)/t24-,25+/m0/s1. The third-order valence-electron chi connectivity index (χ3n) is 6.85. The lowest BCUT2D eigenvalue weighted by Gasteiger charge is -2.33. The SMILES string of the molecule is CC[C@H](C)NC(=O)[C@@H](C)N(Cc1cccc(C)c1)C(=O)CN(c1ccccc1OC)S(=O)(=O)c1ccc(C)cc1. The molecule has 3 aromatic carbocycles. The first kappa shape index (κ1) is 30.7. The van der Waals surface area contributed by atoms with Gasteiger partial charge in [-0.3, -0.25) is 13.9 Å². The van der Waals surface area contributed by atoms with Gasteiger partial charge in [0.1, 0.15) is 18.3 Å². The Morgan fingerprint density at radius 2 is 1.60 bits per heavy atom. The number of carbonyl (C=O) groups is 2. The highest BCUT2D eigenvalue weighted by Gasteiger charge is 2.34. The molecule has 0 radical (unpaired) electrons. The molecular weight excluding hydrogens is 526 g/mol. The first-order valence-corrected chi connectivity index (χ1v) is 14.8. The number of rotatable bonds is 12. The molecule has 0 aromatic heterocycles. The maximum Gasteiger partial charge on any atom is 0.264 e. The van der Waals surface area contributed by atoms with E-state index in [0.717, 1.165) is 27.4 Å². The Labute approximate surface area is 238 Å². The fourth-order valence-electron chi connectivity index (χ4n) is 4.24. The van der Waals surface area contributed by atoms with Crippen LogP contribution < -0.4 is 14.4 Å². The van der Waals surface area contributed by atoms with Gasteiger partial charge in [-0.15, -0.1) is 0 Å². The summed E-state index contributed by atoms with van der Waals surface area (Å²) in [5.41, 5.74) is 2.98. The molecule has 1 N–H and O–H groups in total. The molecule has 2 amide bonds. The molecule has 0 saturated heterocycles. The molecule has 2 atom stereocenters. The lowest BCUT2D eigenvalue weighted by Crippen LogP contribution is -2.52. The highest BCUT2D eigenvalue weighted by atomic mass is 32.2. The molecule has 0 aliphatic carbocycles. The van der Waals surface area contributed by atoms with Crippen molar-refractivity contribution in [3.05, 3.63) is 89.5 Å². The van der Waals surface area contributed by atoms with Crippen LogP contribution in [0.1, 0.15) is 43.9 Å². The summed E-state index contributed by atoms with van der Waals surface area (Å²) in [6.07, 6.45) is 0.737. The summed E-state index contributed by atoms with van der Waals surface area (Å²) >= 11 is 0. The minimum atomic E-state index is -4.18. The van der Waals surface area contributed by atoms with Gasteiger partial charge in [0.05, 0.1) is 17.7 Å². The molecule has 214 valence electrons. The Morgan fingerprint density at radius 3 is 2.23 bits per heavy atom. The number of carbonyl (C=O) groups excluding carboxylic acids is 2. The van der Waals surface area contributed by atoms with E-state index in [4.69, 9.17) is 4.74 Å². The van der Waals surface area contributed by atoms with E-state index >= 15 is 0 Å². The molecule has 3 aromatic rings. The van der Waals surface area contributed by atoms with Crippen molar-refractivity contribution in [1.82, 2.24) is 10.2 Å². The van der Waals surface area contributed by atoms with Crippen molar-refractivity contribution in [3.63, 3.8) is 0 Å². The summed E-state index contributed by atoms with van der Waals surface area (Å²) in [4.78, 5) is 28.7. The van der Waals surface area contributed by atoms with Crippen LogP contribution in [-0.4, -0.2) is 50.9 Å². The van der Waals surface area contributed by atoms with Crippen LogP contribution in [0, 0.1) is 13.8 Å². The van der Waals surface area contributed by atoms with Gasteiger partial charge in [0.2, 0.25) is 11.8 Å². The molecule has 8 nitrogen and oxygen atoms in total. The van der Waals surface area contributed by atoms with E-state index in [0.29, 0.717) is 5.75 Å². The largest absolute Gasteiger partial charge is 0.495 e. The van der Waals surface area contributed by atoms with Crippen LogP contribution >= 0.6 is 0 Å². The molecule has 0 fully saturated rings. The first-order chi connectivity index (χ1) is 19.0. The molecule has 40 heavy (non-hydrogen) atoms. The maximum absolute atomic E-state index is 14.0. The van der Waals surface area contributed by atoms with Crippen LogP contribution in [-0.2, 0) is 26.2 Å². The Kier molecular flexibility index (Phi) is 10.3. The monoisotopic (exact) mass is 565 g/mol. The highest BCUT2D eigenvalue weighted by molar-refractivity contribution is 7.92. The van der Waals surface area contributed by atoms with Crippen LogP contribution in [0.15, 0.2) is 77.7 Å². The number of methoxy groups -OCH3 is 1. The van der Waals surface area contributed by atoms with Gasteiger partial charge in [-0.05, 0) is 63.9 Å². The predicted molar refractivity (Wildman–Crippen MR) is 158 cm³/mol. The van der Waals surface area contributed by atoms with Crippen molar-refractivity contribution in [2.24, 2.45) is 0 Å². The Morgan fingerprint density at radius 1 is 0.925 bits per heavy atom. The van der Waals surface area contributed by atoms with E-state index in [9.17, 15) is 18.0 Å².